The number of hydrogen-bond donors (Lipinski definition) is 1. The second kappa shape index (κ2) is 4.97. The molecule has 0 aromatic rings. The van der Waals surface area contributed by atoms with Crippen molar-refractivity contribution in [3.05, 3.63) is 0 Å². The van der Waals surface area contributed by atoms with Gasteiger partial charge < -0.3 is 10.0 Å². The average Bonchev–Trinajstić information content (AvgIpc) is 2.03. The Morgan fingerprint density at radius 3 is 2.69 bits per heavy atom. The van der Waals surface area contributed by atoms with Crippen molar-refractivity contribution in [2.45, 2.75) is 51.7 Å². The smallest absolute Gasteiger partial charge is 0.0639 e. The molecule has 2 heteroatoms. The summed E-state index contributed by atoms with van der Waals surface area (Å²) in [6.45, 7) is 5.02. The molecule has 0 aromatic carbocycles. The molecule has 78 valence electrons. The first kappa shape index (κ1) is 11.0. The molecule has 0 bridgehead atoms. The molecule has 1 N–H and O–H groups in total. The van der Waals surface area contributed by atoms with Gasteiger partial charge in [-0.3, -0.25) is 0 Å². The second-order valence-corrected chi connectivity index (χ2v) is 4.71. The van der Waals surface area contributed by atoms with E-state index in [9.17, 15) is 5.11 Å². The van der Waals surface area contributed by atoms with Crippen molar-refractivity contribution in [3.8, 4) is 0 Å². The van der Waals surface area contributed by atoms with Crippen molar-refractivity contribution < 1.29 is 5.11 Å². The second-order valence-electron chi connectivity index (χ2n) is 4.71. The van der Waals surface area contributed by atoms with Crippen LogP contribution in [-0.4, -0.2) is 35.7 Å². The van der Waals surface area contributed by atoms with Gasteiger partial charge in [-0.05, 0) is 32.7 Å². The normalized spacial score (nSPS) is 32.1. The van der Waals surface area contributed by atoms with Crippen LogP contribution >= 0.6 is 0 Å². The van der Waals surface area contributed by atoms with Gasteiger partial charge in [0.1, 0.15) is 0 Å². The van der Waals surface area contributed by atoms with Crippen molar-refractivity contribution in [2.75, 3.05) is 13.6 Å². The van der Waals surface area contributed by atoms with Crippen LogP contribution in [0, 0.1) is 5.92 Å². The van der Waals surface area contributed by atoms with E-state index in [2.05, 4.69) is 18.9 Å². The van der Waals surface area contributed by atoms with Crippen molar-refractivity contribution in [3.63, 3.8) is 0 Å². The van der Waals surface area contributed by atoms with Gasteiger partial charge >= 0.3 is 0 Å². The molecule has 0 saturated heterocycles. The molecule has 0 spiro atoms. The van der Waals surface area contributed by atoms with Gasteiger partial charge in [0.15, 0.2) is 0 Å². The van der Waals surface area contributed by atoms with Gasteiger partial charge in [-0.25, -0.2) is 0 Å². The van der Waals surface area contributed by atoms with Crippen LogP contribution in [0.1, 0.15) is 39.5 Å². The summed E-state index contributed by atoms with van der Waals surface area (Å²) in [7, 11) is 2.13. The van der Waals surface area contributed by atoms with Crippen LogP contribution in [0.25, 0.3) is 0 Å². The maximum absolute atomic E-state index is 9.28. The maximum Gasteiger partial charge on any atom is 0.0639 e. The summed E-state index contributed by atoms with van der Waals surface area (Å²) in [4.78, 5) is 2.32. The molecule has 13 heavy (non-hydrogen) atoms. The third-order valence-corrected chi connectivity index (χ3v) is 3.08. The molecule has 0 heterocycles. The fourth-order valence-corrected chi connectivity index (χ4v) is 2.37. The largest absolute Gasteiger partial charge is 0.392 e. The highest BCUT2D eigenvalue weighted by molar-refractivity contribution is 4.77. The lowest BCUT2D eigenvalue weighted by Crippen LogP contribution is -2.39. The number of rotatable bonds is 3. The Bertz CT molecular complexity index is 147. The van der Waals surface area contributed by atoms with Crippen molar-refractivity contribution in [2.24, 2.45) is 5.92 Å². The topological polar surface area (TPSA) is 23.5 Å². The minimum atomic E-state index is -0.192. The first-order chi connectivity index (χ1) is 6.09. The van der Waals surface area contributed by atoms with Gasteiger partial charge in [-0.15, -0.1) is 0 Å². The molecule has 3 atom stereocenters. The first-order valence-corrected chi connectivity index (χ1v) is 5.48. The Morgan fingerprint density at radius 2 is 2.15 bits per heavy atom. The van der Waals surface area contributed by atoms with Crippen LogP contribution in [0.2, 0.25) is 0 Å². The zero-order valence-electron chi connectivity index (χ0n) is 9.16. The summed E-state index contributed by atoms with van der Waals surface area (Å²) in [6.07, 6.45) is 5.17. The molecule has 0 radical (unpaired) electrons. The fraction of sp³-hybridized carbons (Fsp3) is 1.00. The summed E-state index contributed by atoms with van der Waals surface area (Å²) < 4.78 is 0. The average molecular weight is 185 g/mol. The number of aliphatic hydroxyl groups is 1. The summed E-state index contributed by atoms with van der Waals surface area (Å²) in [5.41, 5.74) is 0. The van der Waals surface area contributed by atoms with Gasteiger partial charge in [-0.2, -0.15) is 0 Å². The number of nitrogens with zero attached hydrogens (tertiary/aromatic N) is 1. The highest BCUT2D eigenvalue weighted by Crippen LogP contribution is 2.26. The molecule has 1 saturated carbocycles. The zero-order chi connectivity index (χ0) is 9.84. The molecule has 0 aliphatic heterocycles. The molecule has 0 amide bonds. The van der Waals surface area contributed by atoms with E-state index in [1.165, 1.54) is 25.7 Å². The lowest BCUT2D eigenvalue weighted by atomic mass is 9.86. The van der Waals surface area contributed by atoms with Crippen molar-refractivity contribution in [1.29, 1.82) is 0 Å². The van der Waals surface area contributed by atoms with Gasteiger partial charge in [0.05, 0.1) is 6.10 Å². The molecular formula is C11H23NO. The van der Waals surface area contributed by atoms with Crippen LogP contribution in [0.4, 0.5) is 0 Å². The molecule has 1 fully saturated rings. The lowest BCUT2D eigenvalue weighted by molar-refractivity contribution is 0.0930. The highest BCUT2D eigenvalue weighted by Gasteiger charge is 2.22. The van der Waals surface area contributed by atoms with E-state index in [1.807, 2.05) is 6.92 Å². The molecule has 0 aromatic heterocycles. The Labute approximate surface area is 81.9 Å². The SMILES string of the molecule is CC1CCCC(N(C)C[C@H](C)O)C1. The molecule has 2 nitrogen and oxygen atoms in total. The van der Waals surface area contributed by atoms with Gasteiger partial charge in [0.2, 0.25) is 0 Å². The van der Waals surface area contributed by atoms with E-state index < -0.39 is 0 Å². The predicted molar refractivity (Wildman–Crippen MR) is 55.7 cm³/mol. The predicted octanol–water partition coefficient (Wildman–Crippen LogP) is 1.88. The summed E-state index contributed by atoms with van der Waals surface area (Å²) >= 11 is 0. The minimum Gasteiger partial charge on any atom is -0.392 e. The number of likely N-dealkylation sites (N-methyl/N-ethyl adjacent to an activating group) is 1. The third kappa shape index (κ3) is 3.65. The molecule has 1 aliphatic rings. The van der Waals surface area contributed by atoms with E-state index in [1.54, 1.807) is 0 Å². The summed E-state index contributed by atoms with van der Waals surface area (Å²) in [6, 6.07) is 0.707. The van der Waals surface area contributed by atoms with Crippen molar-refractivity contribution in [1.82, 2.24) is 4.90 Å². The number of hydrogen-bond acceptors (Lipinski definition) is 2. The van der Waals surface area contributed by atoms with E-state index in [-0.39, 0.29) is 6.10 Å². The van der Waals surface area contributed by atoms with Crippen LogP contribution in [-0.2, 0) is 0 Å². The first-order valence-electron chi connectivity index (χ1n) is 5.48. The Balaban J connectivity index is 2.32. The molecule has 2 unspecified atom stereocenters. The Kier molecular flexibility index (Phi) is 4.20. The highest BCUT2D eigenvalue weighted by atomic mass is 16.3. The van der Waals surface area contributed by atoms with Gasteiger partial charge in [-0.1, -0.05) is 19.8 Å². The van der Waals surface area contributed by atoms with Gasteiger partial charge in [0.25, 0.3) is 0 Å². The molecular weight excluding hydrogens is 162 g/mol. The molecule has 1 aliphatic carbocycles. The van der Waals surface area contributed by atoms with Gasteiger partial charge in [0, 0.05) is 12.6 Å². The number of aliphatic hydroxyl groups excluding tert-OH is 1. The van der Waals surface area contributed by atoms with Crippen LogP contribution in [0.5, 0.6) is 0 Å². The van der Waals surface area contributed by atoms with Crippen LogP contribution in [0.3, 0.4) is 0 Å². The zero-order valence-corrected chi connectivity index (χ0v) is 9.16. The van der Waals surface area contributed by atoms with E-state index >= 15 is 0 Å². The summed E-state index contributed by atoms with van der Waals surface area (Å²) in [5, 5.41) is 9.28. The van der Waals surface area contributed by atoms with E-state index in [4.69, 9.17) is 0 Å². The van der Waals surface area contributed by atoms with Crippen LogP contribution in [0.15, 0.2) is 0 Å². The summed E-state index contributed by atoms with van der Waals surface area (Å²) in [5.74, 6) is 0.871. The Morgan fingerprint density at radius 1 is 1.46 bits per heavy atom. The standard InChI is InChI=1S/C11H23NO/c1-9-5-4-6-11(7-9)12(3)8-10(2)13/h9-11,13H,4-8H2,1-3H3/t9?,10-,11?/m0/s1. The van der Waals surface area contributed by atoms with E-state index in [0.717, 1.165) is 12.5 Å². The van der Waals surface area contributed by atoms with Crippen molar-refractivity contribution >= 4 is 0 Å². The third-order valence-electron chi connectivity index (χ3n) is 3.08. The molecule has 1 rings (SSSR count). The lowest BCUT2D eigenvalue weighted by Gasteiger charge is -2.34. The maximum atomic E-state index is 9.28. The monoisotopic (exact) mass is 185 g/mol. The Hall–Kier alpha value is -0.0800. The minimum absolute atomic E-state index is 0.192. The van der Waals surface area contributed by atoms with E-state index in [0.29, 0.717) is 6.04 Å². The quantitative estimate of drug-likeness (QED) is 0.725. The fourth-order valence-electron chi connectivity index (χ4n) is 2.37. The van der Waals surface area contributed by atoms with Crippen LogP contribution < -0.4 is 0 Å².